The van der Waals surface area contributed by atoms with Crippen LogP contribution < -0.4 is 10.2 Å². The van der Waals surface area contributed by atoms with Crippen molar-refractivity contribution in [2.24, 2.45) is 11.8 Å². The summed E-state index contributed by atoms with van der Waals surface area (Å²) in [5.41, 5.74) is 1.35. The van der Waals surface area contributed by atoms with Crippen LogP contribution in [-0.2, 0) is 4.79 Å². The molecule has 1 aliphatic heterocycles. The molecule has 2 amide bonds. The predicted molar refractivity (Wildman–Crippen MR) is 80.0 cm³/mol. The first kappa shape index (κ1) is 14.0. The molecule has 2 heterocycles. The third-order valence-electron chi connectivity index (χ3n) is 4.19. The number of imide groups is 1. The zero-order valence-electron chi connectivity index (χ0n) is 12.3. The van der Waals surface area contributed by atoms with Gasteiger partial charge in [0, 0.05) is 19.0 Å². The molecule has 1 aliphatic carbocycles. The maximum absolute atomic E-state index is 11.9. The van der Waals surface area contributed by atoms with Crippen molar-refractivity contribution >= 4 is 17.5 Å². The zero-order valence-corrected chi connectivity index (χ0v) is 12.3. The summed E-state index contributed by atoms with van der Waals surface area (Å²) in [4.78, 5) is 30.0. The number of rotatable bonds is 3. The molecule has 1 saturated carbocycles. The molecule has 0 spiro atoms. The van der Waals surface area contributed by atoms with Gasteiger partial charge < -0.3 is 4.90 Å². The molecule has 2 fully saturated rings. The van der Waals surface area contributed by atoms with E-state index in [2.05, 4.69) is 22.1 Å². The lowest BCUT2D eigenvalue weighted by atomic mass is 10.00. The van der Waals surface area contributed by atoms with E-state index in [4.69, 9.17) is 0 Å². The number of pyridine rings is 1. The number of hydrogen-bond acceptors (Lipinski definition) is 4. The number of amides is 2. The van der Waals surface area contributed by atoms with E-state index in [-0.39, 0.29) is 11.8 Å². The van der Waals surface area contributed by atoms with Gasteiger partial charge >= 0.3 is 0 Å². The van der Waals surface area contributed by atoms with Crippen LogP contribution in [0.4, 0.5) is 5.69 Å². The minimum atomic E-state index is -0.398. The second-order valence-corrected chi connectivity index (χ2v) is 6.19. The van der Waals surface area contributed by atoms with Gasteiger partial charge in [0.2, 0.25) is 5.91 Å². The normalized spacial score (nSPS) is 22.0. The topological polar surface area (TPSA) is 62.3 Å². The lowest BCUT2D eigenvalue weighted by Gasteiger charge is -2.32. The van der Waals surface area contributed by atoms with Crippen LogP contribution in [0, 0.1) is 11.8 Å². The van der Waals surface area contributed by atoms with E-state index in [9.17, 15) is 9.59 Å². The van der Waals surface area contributed by atoms with Gasteiger partial charge in [0.1, 0.15) is 5.69 Å². The molecule has 1 aromatic rings. The van der Waals surface area contributed by atoms with Crippen LogP contribution >= 0.6 is 0 Å². The van der Waals surface area contributed by atoms with Crippen molar-refractivity contribution in [3.63, 3.8) is 0 Å². The molecule has 5 heteroatoms. The molecule has 0 bridgehead atoms. The highest BCUT2D eigenvalue weighted by Gasteiger charge is 2.31. The number of piperidine rings is 1. The van der Waals surface area contributed by atoms with E-state index in [1.54, 1.807) is 12.3 Å². The molecule has 0 unspecified atom stereocenters. The number of carbonyl (C=O) groups is 2. The highest BCUT2D eigenvalue weighted by molar-refractivity contribution is 6.04. The van der Waals surface area contributed by atoms with Gasteiger partial charge in [0.25, 0.3) is 5.91 Å². The molecule has 1 N–H and O–H groups in total. The average Bonchev–Trinajstić information content (AvgIpc) is 3.32. The number of hydrogen-bond donors (Lipinski definition) is 1. The third kappa shape index (κ3) is 3.40. The van der Waals surface area contributed by atoms with Crippen molar-refractivity contribution in [1.29, 1.82) is 0 Å². The summed E-state index contributed by atoms with van der Waals surface area (Å²) in [6, 6.07) is 3.62. The SMILES string of the molecule is C[C@@H]1CCCN(c2ccc(C(=O)NC(=O)C3CC3)nc2)C1. The Bertz CT molecular complexity index is 537. The maximum Gasteiger partial charge on any atom is 0.276 e. The van der Waals surface area contributed by atoms with Gasteiger partial charge in [-0.25, -0.2) is 4.98 Å². The first-order valence-corrected chi connectivity index (χ1v) is 7.69. The van der Waals surface area contributed by atoms with E-state index >= 15 is 0 Å². The Balaban J connectivity index is 1.62. The number of nitrogens with one attached hydrogen (secondary N) is 1. The zero-order chi connectivity index (χ0) is 14.8. The van der Waals surface area contributed by atoms with E-state index in [0.29, 0.717) is 11.6 Å². The molecule has 1 atom stereocenters. The standard InChI is InChI=1S/C16H21N3O2/c1-11-3-2-8-19(10-11)13-6-7-14(17-9-13)16(21)18-15(20)12-4-5-12/h6-7,9,11-12H,2-5,8,10H2,1H3,(H,18,20,21)/t11-/m1/s1. The summed E-state index contributed by atoms with van der Waals surface area (Å²) >= 11 is 0. The molecule has 112 valence electrons. The Kier molecular flexibility index (Phi) is 3.90. The van der Waals surface area contributed by atoms with Gasteiger partial charge in [-0.1, -0.05) is 6.92 Å². The Morgan fingerprint density at radius 1 is 1.29 bits per heavy atom. The summed E-state index contributed by atoms with van der Waals surface area (Å²) in [7, 11) is 0. The molecule has 0 radical (unpaired) electrons. The summed E-state index contributed by atoms with van der Waals surface area (Å²) in [6.07, 6.45) is 5.97. The van der Waals surface area contributed by atoms with Crippen LogP contribution in [-0.4, -0.2) is 29.9 Å². The van der Waals surface area contributed by atoms with Gasteiger partial charge in [-0.05, 0) is 43.7 Å². The van der Waals surface area contributed by atoms with Gasteiger partial charge in [-0.3, -0.25) is 14.9 Å². The van der Waals surface area contributed by atoms with Crippen molar-refractivity contribution in [1.82, 2.24) is 10.3 Å². The molecule has 2 aliphatic rings. The van der Waals surface area contributed by atoms with E-state index in [0.717, 1.165) is 31.6 Å². The molecule has 5 nitrogen and oxygen atoms in total. The van der Waals surface area contributed by atoms with Crippen molar-refractivity contribution in [3.8, 4) is 0 Å². The van der Waals surface area contributed by atoms with Crippen LogP contribution in [0.3, 0.4) is 0 Å². The Morgan fingerprint density at radius 2 is 2.10 bits per heavy atom. The quantitative estimate of drug-likeness (QED) is 0.864. The summed E-state index contributed by atoms with van der Waals surface area (Å²) in [6.45, 7) is 4.33. The van der Waals surface area contributed by atoms with Crippen molar-refractivity contribution in [2.45, 2.75) is 32.6 Å². The largest absolute Gasteiger partial charge is 0.370 e. The minimum absolute atomic E-state index is 0.0306. The second-order valence-electron chi connectivity index (χ2n) is 6.19. The molecular weight excluding hydrogens is 266 g/mol. The Hall–Kier alpha value is -1.91. The van der Waals surface area contributed by atoms with Crippen LogP contribution in [0.15, 0.2) is 18.3 Å². The van der Waals surface area contributed by atoms with Gasteiger partial charge in [-0.15, -0.1) is 0 Å². The first-order valence-electron chi connectivity index (χ1n) is 7.69. The van der Waals surface area contributed by atoms with Crippen LogP contribution in [0.2, 0.25) is 0 Å². The Morgan fingerprint density at radius 3 is 2.71 bits per heavy atom. The summed E-state index contributed by atoms with van der Waals surface area (Å²) in [5.74, 6) is 0.155. The van der Waals surface area contributed by atoms with E-state index in [1.807, 2.05) is 6.07 Å². The fourth-order valence-electron chi connectivity index (χ4n) is 2.75. The monoisotopic (exact) mass is 287 g/mol. The molecule has 3 rings (SSSR count). The van der Waals surface area contributed by atoms with E-state index < -0.39 is 5.91 Å². The van der Waals surface area contributed by atoms with Crippen molar-refractivity contribution < 1.29 is 9.59 Å². The number of carbonyl (C=O) groups excluding carboxylic acids is 2. The fraction of sp³-hybridized carbons (Fsp3) is 0.562. The van der Waals surface area contributed by atoms with Crippen LogP contribution in [0.1, 0.15) is 43.1 Å². The highest BCUT2D eigenvalue weighted by Crippen LogP contribution is 2.28. The molecule has 1 saturated heterocycles. The summed E-state index contributed by atoms with van der Waals surface area (Å²) < 4.78 is 0. The molecule has 21 heavy (non-hydrogen) atoms. The highest BCUT2D eigenvalue weighted by atomic mass is 16.2. The van der Waals surface area contributed by atoms with Crippen molar-refractivity contribution in [2.75, 3.05) is 18.0 Å². The lowest BCUT2D eigenvalue weighted by Crippen LogP contribution is -2.34. The first-order chi connectivity index (χ1) is 10.1. The second kappa shape index (κ2) is 5.84. The average molecular weight is 287 g/mol. The Labute approximate surface area is 124 Å². The van der Waals surface area contributed by atoms with Gasteiger partial charge in [0.05, 0.1) is 11.9 Å². The van der Waals surface area contributed by atoms with Crippen LogP contribution in [0.25, 0.3) is 0 Å². The van der Waals surface area contributed by atoms with Crippen LogP contribution in [0.5, 0.6) is 0 Å². The van der Waals surface area contributed by atoms with Gasteiger partial charge in [-0.2, -0.15) is 0 Å². The van der Waals surface area contributed by atoms with Crippen molar-refractivity contribution in [3.05, 3.63) is 24.0 Å². The summed E-state index contributed by atoms with van der Waals surface area (Å²) in [5, 5.41) is 2.41. The molecule has 0 aromatic carbocycles. The lowest BCUT2D eigenvalue weighted by molar-refractivity contribution is -0.121. The van der Waals surface area contributed by atoms with E-state index in [1.165, 1.54) is 12.8 Å². The predicted octanol–water partition coefficient (Wildman–Crippen LogP) is 1.98. The third-order valence-corrected chi connectivity index (χ3v) is 4.19. The maximum atomic E-state index is 11.9. The fourth-order valence-corrected chi connectivity index (χ4v) is 2.75. The molecular formula is C16H21N3O2. The smallest absolute Gasteiger partial charge is 0.276 e. The number of nitrogens with zero attached hydrogens (tertiary/aromatic N) is 2. The van der Waals surface area contributed by atoms with Gasteiger partial charge in [0.15, 0.2) is 0 Å². The molecule has 1 aromatic heterocycles. The number of anilines is 1. The number of aromatic nitrogens is 1. The minimum Gasteiger partial charge on any atom is -0.370 e.